The minimum absolute atomic E-state index is 0.00880. The number of carbonyl (C=O) groups excluding carboxylic acids is 1. The number of hydrogen-bond acceptors (Lipinski definition) is 4. The Balaban J connectivity index is 1.93. The summed E-state index contributed by atoms with van der Waals surface area (Å²) in [5.41, 5.74) is 9.58. The molecular weight excluding hydrogens is 326 g/mol. The molecule has 0 bridgehead atoms. The van der Waals surface area contributed by atoms with Crippen LogP contribution in [0.1, 0.15) is 37.3 Å². The van der Waals surface area contributed by atoms with Gasteiger partial charge in [0.15, 0.2) is 5.65 Å². The Morgan fingerprint density at radius 2 is 2.23 bits per heavy atom. The summed E-state index contributed by atoms with van der Waals surface area (Å²) in [7, 11) is 0. The van der Waals surface area contributed by atoms with E-state index >= 15 is 0 Å². The molecule has 2 atom stereocenters. The van der Waals surface area contributed by atoms with Crippen LogP contribution < -0.4 is 11.1 Å². The number of nitrogens with one attached hydrogen (secondary N) is 1. The Morgan fingerprint density at radius 3 is 2.96 bits per heavy atom. The van der Waals surface area contributed by atoms with Gasteiger partial charge in [-0.25, -0.2) is 4.98 Å². The van der Waals surface area contributed by atoms with Crippen molar-refractivity contribution in [2.45, 2.75) is 38.6 Å². The van der Waals surface area contributed by atoms with Crippen molar-refractivity contribution in [2.24, 2.45) is 11.7 Å². The van der Waals surface area contributed by atoms with Crippen molar-refractivity contribution in [3.63, 3.8) is 0 Å². The van der Waals surface area contributed by atoms with E-state index < -0.39 is 0 Å². The number of aromatic nitrogens is 2. The number of imidazole rings is 1. The fourth-order valence-electron chi connectivity index (χ4n) is 4.05. The van der Waals surface area contributed by atoms with E-state index in [0.717, 1.165) is 48.1 Å². The van der Waals surface area contributed by atoms with Crippen molar-refractivity contribution < 1.29 is 4.79 Å². The lowest BCUT2D eigenvalue weighted by molar-refractivity contribution is -0.121. The molecule has 3 aromatic rings. The molecule has 3 N–H and O–H groups in total. The van der Waals surface area contributed by atoms with E-state index in [-0.39, 0.29) is 17.9 Å². The highest BCUT2D eigenvalue weighted by Crippen LogP contribution is 2.32. The van der Waals surface area contributed by atoms with Gasteiger partial charge in [0.2, 0.25) is 5.91 Å². The first-order valence-corrected chi connectivity index (χ1v) is 9.03. The van der Waals surface area contributed by atoms with E-state index in [9.17, 15) is 10.1 Å². The molecule has 1 aromatic carbocycles. The highest BCUT2D eigenvalue weighted by Gasteiger charge is 2.32. The maximum Gasteiger partial charge on any atom is 0.222 e. The van der Waals surface area contributed by atoms with Crippen molar-refractivity contribution in [1.29, 1.82) is 5.26 Å². The smallest absolute Gasteiger partial charge is 0.222 e. The van der Waals surface area contributed by atoms with Gasteiger partial charge in [0.05, 0.1) is 22.5 Å². The molecule has 6 heteroatoms. The molecule has 0 radical (unpaired) electrons. The minimum Gasteiger partial charge on any atom is -0.369 e. The van der Waals surface area contributed by atoms with Crippen LogP contribution in [-0.4, -0.2) is 21.3 Å². The molecule has 2 aromatic heterocycles. The van der Waals surface area contributed by atoms with Gasteiger partial charge in [0.1, 0.15) is 11.9 Å². The van der Waals surface area contributed by atoms with Crippen LogP contribution in [0.3, 0.4) is 0 Å². The standard InChI is InChI=1S/C20H21N5O/c1-2-12-10-18(23-15-8-5-6-13(15)19(22)26)25-17-9-4-3-7-16(17)24-20(25)14(12)11-21/h3-4,7,9-10,13,15,23H,2,5-6,8H2,1H3,(H2,22,26)/t13-,15+/m1/s1. The van der Waals surface area contributed by atoms with Gasteiger partial charge in [-0.15, -0.1) is 0 Å². The topological polar surface area (TPSA) is 96.2 Å². The molecule has 4 rings (SSSR count). The number of para-hydroxylation sites is 2. The fraction of sp³-hybridized carbons (Fsp3) is 0.350. The maximum atomic E-state index is 11.8. The van der Waals surface area contributed by atoms with Crippen molar-refractivity contribution in [3.8, 4) is 6.07 Å². The number of pyridine rings is 1. The van der Waals surface area contributed by atoms with Crippen molar-refractivity contribution >= 4 is 28.4 Å². The molecule has 1 aliphatic rings. The van der Waals surface area contributed by atoms with Crippen LogP contribution in [0, 0.1) is 17.2 Å². The summed E-state index contributed by atoms with van der Waals surface area (Å²) in [4.78, 5) is 16.5. The van der Waals surface area contributed by atoms with E-state index in [1.807, 2.05) is 41.7 Å². The predicted molar refractivity (Wildman–Crippen MR) is 101 cm³/mol. The number of nitrogens with zero attached hydrogens (tertiary/aromatic N) is 3. The van der Waals surface area contributed by atoms with Gasteiger partial charge in [-0.2, -0.15) is 5.26 Å². The van der Waals surface area contributed by atoms with Crippen molar-refractivity contribution in [3.05, 3.63) is 41.5 Å². The van der Waals surface area contributed by atoms with Crippen molar-refractivity contribution in [2.75, 3.05) is 5.32 Å². The number of carbonyl (C=O) groups is 1. The predicted octanol–water partition coefficient (Wildman–Crippen LogP) is 2.99. The van der Waals surface area contributed by atoms with E-state index in [2.05, 4.69) is 11.4 Å². The average molecular weight is 347 g/mol. The van der Waals surface area contributed by atoms with E-state index in [1.54, 1.807) is 0 Å². The molecule has 2 heterocycles. The molecule has 1 aliphatic carbocycles. The number of anilines is 1. The van der Waals surface area contributed by atoms with Crippen LogP contribution in [0.5, 0.6) is 0 Å². The second-order valence-corrected chi connectivity index (χ2v) is 6.85. The Kier molecular flexibility index (Phi) is 4.00. The molecule has 6 nitrogen and oxygen atoms in total. The summed E-state index contributed by atoms with van der Waals surface area (Å²) in [5, 5.41) is 13.2. The molecule has 26 heavy (non-hydrogen) atoms. The zero-order valence-electron chi connectivity index (χ0n) is 14.7. The molecule has 1 amide bonds. The second kappa shape index (κ2) is 6.34. The molecular formula is C20H21N5O. The average Bonchev–Trinajstić information content (AvgIpc) is 3.25. The zero-order valence-corrected chi connectivity index (χ0v) is 14.7. The largest absolute Gasteiger partial charge is 0.369 e. The van der Waals surface area contributed by atoms with Crippen LogP contribution in [-0.2, 0) is 11.2 Å². The van der Waals surface area contributed by atoms with Crippen LogP contribution in [0.2, 0.25) is 0 Å². The molecule has 1 fully saturated rings. The summed E-state index contributed by atoms with van der Waals surface area (Å²) in [6.07, 6.45) is 3.44. The summed E-state index contributed by atoms with van der Waals surface area (Å²) in [6, 6.07) is 12.2. The lowest BCUT2D eigenvalue weighted by Crippen LogP contribution is -2.34. The fourth-order valence-corrected chi connectivity index (χ4v) is 4.05. The number of rotatable bonds is 4. The molecule has 1 saturated carbocycles. The number of nitriles is 1. The van der Waals surface area contributed by atoms with Gasteiger partial charge in [0, 0.05) is 6.04 Å². The lowest BCUT2D eigenvalue weighted by Gasteiger charge is -2.21. The first-order chi connectivity index (χ1) is 12.6. The lowest BCUT2D eigenvalue weighted by atomic mass is 10.0. The first kappa shape index (κ1) is 16.4. The van der Waals surface area contributed by atoms with E-state index in [4.69, 9.17) is 10.7 Å². The second-order valence-electron chi connectivity index (χ2n) is 6.85. The SMILES string of the molecule is CCc1cc(N[C@H]2CCC[C@H]2C(N)=O)n2c(nc3ccccc32)c1C#N. The third-order valence-corrected chi connectivity index (χ3v) is 5.36. The number of amides is 1. The number of aryl methyl sites for hydroxylation is 1. The number of fused-ring (bicyclic) bond motifs is 3. The van der Waals surface area contributed by atoms with Crippen LogP contribution >= 0.6 is 0 Å². The Hall–Kier alpha value is -3.07. The number of hydrogen-bond donors (Lipinski definition) is 2. The number of primary amides is 1. The number of nitrogens with two attached hydrogens (primary N) is 1. The summed E-state index contributed by atoms with van der Waals surface area (Å²) in [5.74, 6) is 0.444. The third-order valence-electron chi connectivity index (χ3n) is 5.36. The van der Waals surface area contributed by atoms with Gasteiger partial charge in [0.25, 0.3) is 0 Å². The summed E-state index contributed by atoms with van der Waals surface area (Å²) >= 11 is 0. The molecule has 0 spiro atoms. The number of benzene rings is 1. The van der Waals surface area contributed by atoms with Gasteiger partial charge in [-0.1, -0.05) is 25.5 Å². The highest BCUT2D eigenvalue weighted by molar-refractivity contribution is 5.85. The quantitative estimate of drug-likeness (QED) is 0.758. The van der Waals surface area contributed by atoms with Crippen LogP contribution in [0.4, 0.5) is 5.82 Å². The van der Waals surface area contributed by atoms with Gasteiger partial charge in [-0.05, 0) is 43.0 Å². The first-order valence-electron chi connectivity index (χ1n) is 9.03. The van der Waals surface area contributed by atoms with E-state index in [0.29, 0.717) is 11.2 Å². The maximum absolute atomic E-state index is 11.8. The van der Waals surface area contributed by atoms with Crippen molar-refractivity contribution in [1.82, 2.24) is 9.38 Å². The van der Waals surface area contributed by atoms with Gasteiger partial charge in [-0.3, -0.25) is 9.20 Å². The Labute approximate surface area is 151 Å². The normalized spacial score (nSPS) is 19.7. The highest BCUT2D eigenvalue weighted by atomic mass is 16.1. The van der Waals surface area contributed by atoms with Crippen LogP contribution in [0.25, 0.3) is 16.7 Å². The van der Waals surface area contributed by atoms with Crippen LogP contribution in [0.15, 0.2) is 30.3 Å². The summed E-state index contributed by atoms with van der Waals surface area (Å²) in [6.45, 7) is 2.03. The molecule has 0 saturated heterocycles. The molecule has 0 unspecified atom stereocenters. The Morgan fingerprint density at radius 1 is 1.42 bits per heavy atom. The zero-order chi connectivity index (χ0) is 18.3. The molecule has 132 valence electrons. The van der Waals surface area contributed by atoms with E-state index in [1.165, 1.54) is 0 Å². The molecule has 0 aliphatic heterocycles. The Bertz CT molecular complexity index is 1050. The summed E-state index contributed by atoms with van der Waals surface area (Å²) < 4.78 is 1.99. The monoisotopic (exact) mass is 347 g/mol. The van der Waals surface area contributed by atoms with Gasteiger partial charge >= 0.3 is 0 Å². The van der Waals surface area contributed by atoms with Gasteiger partial charge < -0.3 is 11.1 Å². The third kappa shape index (κ3) is 2.48. The minimum atomic E-state index is -0.254.